The van der Waals surface area contributed by atoms with Crippen LogP contribution in [0.25, 0.3) is 0 Å². The molecule has 0 bridgehead atoms. The molecule has 100 valence electrons. The zero-order chi connectivity index (χ0) is 13.8. The zero-order valence-electron chi connectivity index (χ0n) is 10.4. The first-order valence-corrected chi connectivity index (χ1v) is 6.74. The van der Waals surface area contributed by atoms with Crippen LogP contribution in [-0.2, 0) is 0 Å². The number of hydrogen-bond donors (Lipinski definition) is 1. The monoisotopic (exact) mass is 324 g/mol. The average molecular weight is 325 g/mol. The fourth-order valence-corrected chi connectivity index (χ4v) is 1.90. The van der Waals surface area contributed by atoms with Crippen molar-refractivity contribution >= 4 is 15.9 Å². The maximum atomic E-state index is 13.5. The minimum Gasteiger partial charge on any atom is -0.453 e. The first-order valence-electron chi connectivity index (χ1n) is 5.94. The van der Waals surface area contributed by atoms with E-state index in [1.165, 1.54) is 6.07 Å². The summed E-state index contributed by atoms with van der Waals surface area (Å²) in [4.78, 5) is 4.21. The van der Waals surface area contributed by atoms with Crippen LogP contribution in [0.4, 0.5) is 4.39 Å². The number of aromatic nitrogens is 1. The third-order valence-corrected chi connectivity index (χ3v) is 3.19. The predicted molar refractivity (Wildman–Crippen MR) is 75.6 cm³/mol. The normalized spacial score (nSPS) is 12.2. The van der Waals surface area contributed by atoms with E-state index in [2.05, 4.69) is 20.9 Å². The van der Waals surface area contributed by atoms with E-state index in [4.69, 9.17) is 10.5 Å². The standard InChI is InChI=1S/C14H14BrFN2O/c1-2-12(17)13-6-4-10(8-18-13)19-14-7-9(15)3-5-11(14)16/h3-8,12H,2,17H2,1H3. The topological polar surface area (TPSA) is 48.1 Å². The Morgan fingerprint density at radius 3 is 2.79 bits per heavy atom. The van der Waals surface area contributed by atoms with Gasteiger partial charge in [-0.3, -0.25) is 4.98 Å². The Morgan fingerprint density at radius 1 is 1.37 bits per heavy atom. The van der Waals surface area contributed by atoms with Crippen molar-refractivity contribution < 1.29 is 9.13 Å². The van der Waals surface area contributed by atoms with E-state index in [1.807, 2.05) is 6.92 Å². The zero-order valence-corrected chi connectivity index (χ0v) is 12.0. The molecule has 2 N–H and O–H groups in total. The van der Waals surface area contributed by atoms with Gasteiger partial charge in [-0.05, 0) is 36.8 Å². The van der Waals surface area contributed by atoms with Crippen molar-refractivity contribution in [3.8, 4) is 11.5 Å². The summed E-state index contributed by atoms with van der Waals surface area (Å²) < 4.78 is 19.7. The first-order chi connectivity index (χ1) is 9.10. The molecule has 1 heterocycles. The summed E-state index contributed by atoms with van der Waals surface area (Å²) in [5, 5.41) is 0. The van der Waals surface area contributed by atoms with Crippen molar-refractivity contribution in [2.75, 3.05) is 0 Å². The molecule has 1 aromatic heterocycles. The number of hydrogen-bond acceptors (Lipinski definition) is 3. The Kier molecular flexibility index (Phi) is 4.50. The summed E-state index contributed by atoms with van der Waals surface area (Å²) in [6.07, 6.45) is 2.36. The quantitative estimate of drug-likeness (QED) is 0.917. The minimum absolute atomic E-state index is 0.0864. The van der Waals surface area contributed by atoms with Crippen molar-refractivity contribution in [2.24, 2.45) is 5.73 Å². The molecule has 2 aromatic rings. The molecule has 2 rings (SSSR count). The minimum atomic E-state index is -0.419. The maximum absolute atomic E-state index is 13.5. The van der Waals surface area contributed by atoms with Gasteiger partial charge in [0.05, 0.1) is 11.9 Å². The molecule has 1 aromatic carbocycles. The molecule has 0 aliphatic heterocycles. The summed E-state index contributed by atoms with van der Waals surface area (Å²) >= 11 is 3.27. The number of nitrogens with zero attached hydrogens (tertiary/aromatic N) is 1. The number of benzene rings is 1. The number of nitrogens with two attached hydrogens (primary N) is 1. The van der Waals surface area contributed by atoms with Gasteiger partial charge in [-0.1, -0.05) is 22.9 Å². The molecule has 19 heavy (non-hydrogen) atoms. The van der Waals surface area contributed by atoms with Crippen LogP contribution in [0.3, 0.4) is 0 Å². The van der Waals surface area contributed by atoms with Gasteiger partial charge >= 0.3 is 0 Å². The predicted octanol–water partition coefficient (Wildman–Crippen LogP) is 4.19. The number of rotatable bonds is 4. The lowest BCUT2D eigenvalue weighted by Crippen LogP contribution is -2.10. The summed E-state index contributed by atoms with van der Waals surface area (Å²) in [5.41, 5.74) is 6.67. The van der Waals surface area contributed by atoms with Crippen LogP contribution >= 0.6 is 15.9 Å². The van der Waals surface area contributed by atoms with Crippen LogP contribution in [0.5, 0.6) is 11.5 Å². The van der Waals surface area contributed by atoms with Crippen molar-refractivity contribution in [3.63, 3.8) is 0 Å². The lowest BCUT2D eigenvalue weighted by atomic mass is 10.1. The Morgan fingerprint density at radius 2 is 2.16 bits per heavy atom. The molecule has 0 fully saturated rings. The lowest BCUT2D eigenvalue weighted by molar-refractivity contribution is 0.439. The van der Waals surface area contributed by atoms with Crippen LogP contribution in [0.15, 0.2) is 41.0 Å². The highest BCUT2D eigenvalue weighted by atomic mass is 79.9. The number of pyridine rings is 1. The van der Waals surface area contributed by atoms with Gasteiger partial charge in [0.25, 0.3) is 0 Å². The third-order valence-electron chi connectivity index (χ3n) is 2.70. The second kappa shape index (κ2) is 6.12. The van der Waals surface area contributed by atoms with Gasteiger partial charge in [0, 0.05) is 10.5 Å². The molecule has 0 aliphatic carbocycles. The third kappa shape index (κ3) is 3.52. The van der Waals surface area contributed by atoms with E-state index >= 15 is 0 Å². The molecule has 0 radical (unpaired) electrons. The van der Waals surface area contributed by atoms with Crippen molar-refractivity contribution in [2.45, 2.75) is 19.4 Å². The van der Waals surface area contributed by atoms with Crippen LogP contribution < -0.4 is 10.5 Å². The van der Waals surface area contributed by atoms with Crippen LogP contribution in [0.2, 0.25) is 0 Å². The smallest absolute Gasteiger partial charge is 0.165 e. The average Bonchev–Trinajstić information content (AvgIpc) is 2.43. The first kappa shape index (κ1) is 14.0. The van der Waals surface area contributed by atoms with Gasteiger partial charge < -0.3 is 10.5 Å². The van der Waals surface area contributed by atoms with E-state index in [0.717, 1.165) is 16.6 Å². The van der Waals surface area contributed by atoms with Gasteiger partial charge in [0.1, 0.15) is 5.75 Å². The van der Waals surface area contributed by atoms with E-state index < -0.39 is 5.82 Å². The largest absolute Gasteiger partial charge is 0.453 e. The highest BCUT2D eigenvalue weighted by Gasteiger charge is 2.08. The highest BCUT2D eigenvalue weighted by molar-refractivity contribution is 9.10. The van der Waals surface area contributed by atoms with Crippen molar-refractivity contribution in [1.29, 1.82) is 0 Å². The summed E-state index contributed by atoms with van der Waals surface area (Å²) in [5.74, 6) is 0.213. The fraction of sp³-hybridized carbons (Fsp3) is 0.214. The number of halogens is 2. The molecule has 0 saturated heterocycles. The lowest BCUT2D eigenvalue weighted by Gasteiger charge is -2.10. The van der Waals surface area contributed by atoms with Gasteiger partial charge in [-0.25, -0.2) is 4.39 Å². The van der Waals surface area contributed by atoms with E-state index in [-0.39, 0.29) is 11.8 Å². The van der Waals surface area contributed by atoms with Gasteiger partial charge in [0.2, 0.25) is 0 Å². The molecule has 1 atom stereocenters. The molecule has 0 spiro atoms. The van der Waals surface area contributed by atoms with E-state index in [1.54, 1.807) is 30.5 Å². The maximum Gasteiger partial charge on any atom is 0.165 e. The fourth-order valence-electron chi connectivity index (χ4n) is 1.56. The summed E-state index contributed by atoms with van der Waals surface area (Å²) in [6, 6.07) is 7.97. The van der Waals surface area contributed by atoms with E-state index in [9.17, 15) is 4.39 Å². The Bertz CT molecular complexity index is 560. The van der Waals surface area contributed by atoms with E-state index in [0.29, 0.717) is 5.75 Å². The summed E-state index contributed by atoms with van der Waals surface area (Å²) in [7, 11) is 0. The Labute approximate surface area is 119 Å². The Hall–Kier alpha value is -1.46. The van der Waals surface area contributed by atoms with Crippen LogP contribution in [0.1, 0.15) is 25.1 Å². The number of ether oxygens (including phenoxy) is 1. The molecule has 3 nitrogen and oxygen atoms in total. The second-order valence-electron chi connectivity index (χ2n) is 4.11. The van der Waals surface area contributed by atoms with Gasteiger partial charge in [0.15, 0.2) is 11.6 Å². The van der Waals surface area contributed by atoms with Crippen LogP contribution in [0, 0.1) is 5.82 Å². The molecule has 0 amide bonds. The van der Waals surface area contributed by atoms with Crippen molar-refractivity contribution in [1.82, 2.24) is 4.98 Å². The van der Waals surface area contributed by atoms with Crippen molar-refractivity contribution in [3.05, 3.63) is 52.5 Å². The molecule has 1 unspecified atom stereocenters. The molecule has 5 heteroatoms. The molecular weight excluding hydrogens is 311 g/mol. The summed E-state index contributed by atoms with van der Waals surface area (Å²) in [6.45, 7) is 1.99. The molecule has 0 saturated carbocycles. The SMILES string of the molecule is CCC(N)c1ccc(Oc2cc(Br)ccc2F)cn1. The van der Waals surface area contributed by atoms with Gasteiger partial charge in [-0.2, -0.15) is 0 Å². The second-order valence-corrected chi connectivity index (χ2v) is 5.03. The molecular formula is C14H14BrFN2O. The Balaban J connectivity index is 2.17. The van der Waals surface area contributed by atoms with Crippen LogP contribution in [-0.4, -0.2) is 4.98 Å². The molecule has 0 aliphatic rings. The van der Waals surface area contributed by atoms with Gasteiger partial charge in [-0.15, -0.1) is 0 Å². The highest BCUT2D eigenvalue weighted by Crippen LogP contribution is 2.27.